The summed E-state index contributed by atoms with van der Waals surface area (Å²) in [6.07, 6.45) is 8.00. The second kappa shape index (κ2) is 8.17. The summed E-state index contributed by atoms with van der Waals surface area (Å²) in [5.74, 6) is 0.639. The van der Waals surface area contributed by atoms with Gasteiger partial charge in [0, 0.05) is 21.9 Å². The molecule has 1 heterocycles. The highest BCUT2D eigenvalue weighted by atomic mass is 32.2. The van der Waals surface area contributed by atoms with Gasteiger partial charge < -0.3 is 10.6 Å². The molecule has 1 aliphatic carbocycles. The van der Waals surface area contributed by atoms with Crippen LogP contribution < -0.4 is 10.6 Å². The predicted octanol–water partition coefficient (Wildman–Crippen LogP) is 5.70. The minimum atomic E-state index is -0.113. The van der Waals surface area contributed by atoms with Crippen LogP contribution in [0.3, 0.4) is 0 Å². The Balaban J connectivity index is 1.42. The van der Waals surface area contributed by atoms with Crippen LogP contribution in [0.4, 0.5) is 11.4 Å². The summed E-state index contributed by atoms with van der Waals surface area (Å²) >= 11 is 1.57. The number of hydrogen-bond acceptors (Lipinski definition) is 3. The minimum absolute atomic E-state index is 0.0522. The van der Waals surface area contributed by atoms with Crippen LogP contribution in [0.1, 0.15) is 55.3 Å². The first-order valence-electron chi connectivity index (χ1n) is 9.71. The van der Waals surface area contributed by atoms with Crippen molar-refractivity contribution in [2.75, 3.05) is 10.6 Å². The maximum atomic E-state index is 12.5. The van der Waals surface area contributed by atoms with Gasteiger partial charge in [0.15, 0.2) is 0 Å². The Morgan fingerprint density at radius 2 is 1.89 bits per heavy atom. The number of benzene rings is 2. The zero-order valence-electron chi connectivity index (χ0n) is 15.3. The second-order valence-corrected chi connectivity index (χ2v) is 8.44. The maximum Gasteiger partial charge on any atom is 0.256 e. The molecule has 4 rings (SSSR count). The van der Waals surface area contributed by atoms with Gasteiger partial charge in [0.25, 0.3) is 5.91 Å². The molecule has 2 aromatic rings. The van der Waals surface area contributed by atoms with Gasteiger partial charge in [-0.15, -0.1) is 0 Å². The summed E-state index contributed by atoms with van der Waals surface area (Å²) in [5, 5.41) is 5.95. The molecule has 1 fully saturated rings. The van der Waals surface area contributed by atoms with Crippen molar-refractivity contribution in [3.05, 3.63) is 48.0 Å². The molecule has 2 N–H and O–H groups in total. The molecule has 0 atom stereocenters. The van der Waals surface area contributed by atoms with E-state index in [-0.39, 0.29) is 11.8 Å². The summed E-state index contributed by atoms with van der Waals surface area (Å²) in [6, 6.07) is 13.3. The van der Waals surface area contributed by atoms with Gasteiger partial charge in [-0.25, -0.2) is 0 Å². The van der Waals surface area contributed by atoms with Crippen LogP contribution in [-0.2, 0) is 4.79 Å². The van der Waals surface area contributed by atoms with Crippen LogP contribution in [0, 0.1) is 5.92 Å². The number of carbonyl (C=O) groups excluding carboxylic acids is 2. The van der Waals surface area contributed by atoms with E-state index in [1.54, 1.807) is 11.8 Å². The normalized spacial score (nSPS) is 16.7. The first-order chi connectivity index (χ1) is 13.2. The fraction of sp³-hybridized carbons (Fsp3) is 0.364. The Labute approximate surface area is 164 Å². The third-order valence-corrected chi connectivity index (χ3v) is 6.52. The fourth-order valence-corrected chi connectivity index (χ4v) is 4.89. The van der Waals surface area contributed by atoms with E-state index in [2.05, 4.69) is 10.6 Å². The van der Waals surface area contributed by atoms with Gasteiger partial charge >= 0.3 is 0 Å². The van der Waals surface area contributed by atoms with Gasteiger partial charge in [-0.3, -0.25) is 9.59 Å². The molecule has 4 nitrogen and oxygen atoms in total. The van der Waals surface area contributed by atoms with E-state index in [4.69, 9.17) is 0 Å². The van der Waals surface area contributed by atoms with E-state index in [9.17, 15) is 9.59 Å². The topological polar surface area (TPSA) is 58.2 Å². The Bertz CT molecular complexity index is 859. The molecular weight excluding hydrogens is 356 g/mol. The molecule has 0 spiro atoms. The SMILES string of the molecule is O=C(CCC1CCCCC1)Nc1ccc2c(c1)NC(=O)c1ccccc1S2. The van der Waals surface area contributed by atoms with Crippen molar-refractivity contribution < 1.29 is 9.59 Å². The molecule has 0 saturated heterocycles. The highest BCUT2D eigenvalue weighted by molar-refractivity contribution is 7.99. The number of carbonyl (C=O) groups is 2. The number of nitrogens with one attached hydrogen (secondary N) is 2. The zero-order chi connectivity index (χ0) is 18.6. The Morgan fingerprint density at radius 1 is 1.07 bits per heavy atom. The monoisotopic (exact) mass is 380 g/mol. The quantitative estimate of drug-likeness (QED) is 0.715. The number of hydrogen-bond donors (Lipinski definition) is 2. The summed E-state index contributed by atoms with van der Waals surface area (Å²) < 4.78 is 0. The van der Waals surface area contributed by atoms with Crippen molar-refractivity contribution in [2.45, 2.75) is 54.7 Å². The maximum absolute atomic E-state index is 12.5. The molecule has 0 aromatic heterocycles. The molecule has 2 aromatic carbocycles. The first kappa shape index (κ1) is 18.1. The van der Waals surface area contributed by atoms with E-state index >= 15 is 0 Å². The number of amides is 2. The Morgan fingerprint density at radius 3 is 2.74 bits per heavy atom. The van der Waals surface area contributed by atoms with Gasteiger partial charge in [-0.05, 0) is 42.7 Å². The van der Waals surface area contributed by atoms with Crippen LogP contribution in [0.5, 0.6) is 0 Å². The molecule has 0 bridgehead atoms. The molecule has 0 unspecified atom stereocenters. The minimum Gasteiger partial charge on any atom is -0.326 e. The van der Waals surface area contributed by atoms with E-state index < -0.39 is 0 Å². The van der Waals surface area contributed by atoms with Crippen LogP contribution >= 0.6 is 11.8 Å². The molecule has 1 aliphatic heterocycles. The lowest BCUT2D eigenvalue weighted by Gasteiger charge is -2.21. The highest BCUT2D eigenvalue weighted by Gasteiger charge is 2.20. The predicted molar refractivity (Wildman–Crippen MR) is 109 cm³/mol. The highest BCUT2D eigenvalue weighted by Crippen LogP contribution is 2.39. The molecule has 1 saturated carbocycles. The molecule has 2 aliphatic rings. The zero-order valence-corrected chi connectivity index (χ0v) is 16.1. The lowest BCUT2D eigenvalue weighted by atomic mass is 9.86. The molecule has 27 heavy (non-hydrogen) atoms. The van der Waals surface area contributed by atoms with E-state index in [1.165, 1.54) is 32.1 Å². The average molecular weight is 381 g/mol. The van der Waals surface area contributed by atoms with Crippen LogP contribution in [0.2, 0.25) is 0 Å². The Hall–Kier alpha value is -2.27. The number of anilines is 2. The summed E-state index contributed by atoms with van der Waals surface area (Å²) in [6.45, 7) is 0. The van der Waals surface area contributed by atoms with Crippen LogP contribution in [0.15, 0.2) is 52.3 Å². The standard InChI is InChI=1S/C22H24N2O2S/c25-21(13-10-15-6-2-1-3-7-15)23-16-11-12-20-18(14-16)24-22(26)17-8-4-5-9-19(17)27-20/h4-5,8-9,11-12,14-15H,1-3,6-7,10,13H2,(H,23,25)(H,24,26). The van der Waals surface area contributed by atoms with Crippen LogP contribution in [0.25, 0.3) is 0 Å². The van der Waals surface area contributed by atoms with Gasteiger partial charge in [0.05, 0.1) is 11.3 Å². The molecule has 0 radical (unpaired) electrons. The molecule has 2 amide bonds. The number of fused-ring (bicyclic) bond motifs is 2. The van der Waals surface area contributed by atoms with E-state index in [1.807, 2.05) is 42.5 Å². The Kier molecular flexibility index (Phi) is 5.48. The van der Waals surface area contributed by atoms with E-state index in [0.29, 0.717) is 17.9 Å². The van der Waals surface area contributed by atoms with Gasteiger partial charge in [-0.2, -0.15) is 0 Å². The fourth-order valence-electron chi connectivity index (χ4n) is 3.88. The third kappa shape index (κ3) is 4.35. The largest absolute Gasteiger partial charge is 0.326 e. The van der Waals surface area contributed by atoms with Crippen LogP contribution in [-0.4, -0.2) is 11.8 Å². The van der Waals surface area contributed by atoms with E-state index in [0.717, 1.165) is 27.6 Å². The molecule has 140 valence electrons. The van der Waals surface area contributed by atoms with Crippen molar-refractivity contribution in [1.82, 2.24) is 0 Å². The summed E-state index contributed by atoms with van der Waals surface area (Å²) in [7, 11) is 0. The first-order valence-corrected chi connectivity index (χ1v) is 10.5. The molecule has 5 heteroatoms. The van der Waals surface area contributed by atoms with Crippen molar-refractivity contribution in [1.29, 1.82) is 0 Å². The van der Waals surface area contributed by atoms with Crippen molar-refractivity contribution >= 4 is 35.0 Å². The van der Waals surface area contributed by atoms with Gasteiger partial charge in [0.1, 0.15) is 0 Å². The number of rotatable bonds is 4. The lowest BCUT2D eigenvalue weighted by molar-refractivity contribution is -0.116. The van der Waals surface area contributed by atoms with Crippen molar-refractivity contribution in [3.63, 3.8) is 0 Å². The average Bonchev–Trinajstić information content (AvgIpc) is 2.83. The van der Waals surface area contributed by atoms with Gasteiger partial charge in [0.2, 0.25) is 5.91 Å². The molecular formula is C22H24N2O2S. The summed E-state index contributed by atoms with van der Waals surface area (Å²) in [4.78, 5) is 26.7. The third-order valence-electron chi connectivity index (χ3n) is 5.37. The smallest absolute Gasteiger partial charge is 0.256 e. The lowest BCUT2D eigenvalue weighted by Crippen LogP contribution is -2.15. The summed E-state index contributed by atoms with van der Waals surface area (Å²) in [5.41, 5.74) is 2.15. The van der Waals surface area contributed by atoms with Gasteiger partial charge in [-0.1, -0.05) is 56.0 Å². The van der Waals surface area contributed by atoms with Crippen molar-refractivity contribution in [2.24, 2.45) is 5.92 Å². The second-order valence-electron chi connectivity index (χ2n) is 7.35. The van der Waals surface area contributed by atoms with Crippen molar-refractivity contribution in [3.8, 4) is 0 Å².